The van der Waals surface area contributed by atoms with Crippen molar-refractivity contribution in [3.8, 4) is 0 Å². The number of likely N-dealkylation sites (N-methyl/N-ethyl adjacent to an activating group) is 1. The van der Waals surface area contributed by atoms with Gasteiger partial charge in [-0.3, -0.25) is 19.3 Å². The van der Waals surface area contributed by atoms with Crippen LogP contribution in [0.25, 0.3) is 0 Å². The quantitative estimate of drug-likeness (QED) is 0.692. The summed E-state index contributed by atoms with van der Waals surface area (Å²) in [6.07, 6.45) is -0.412. The summed E-state index contributed by atoms with van der Waals surface area (Å²) in [4.78, 5) is 38.0. The molecule has 0 radical (unpaired) electrons. The number of fused-ring (bicyclic) bond motifs is 1. The lowest BCUT2D eigenvalue weighted by Gasteiger charge is -2.36. The first kappa shape index (κ1) is 15.1. The standard InChI is InChI=1S/C18H15NO4/c1-19-16(21)13-9-5-6-10-14(13)18(23,17(19)22)11-15(20)12-7-3-2-4-8-12/h2-10,23H,11H2,1H3. The molecule has 5 heteroatoms. The van der Waals surface area contributed by atoms with Crippen LogP contribution in [0.4, 0.5) is 0 Å². The zero-order valence-electron chi connectivity index (χ0n) is 12.5. The van der Waals surface area contributed by atoms with E-state index in [0.29, 0.717) is 5.56 Å². The fraction of sp³-hybridized carbons (Fsp3) is 0.167. The van der Waals surface area contributed by atoms with Crippen molar-refractivity contribution in [2.45, 2.75) is 12.0 Å². The van der Waals surface area contributed by atoms with E-state index < -0.39 is 23.8 Å². The molecule has 0 bridgehead atoms. The fourth-order valence-electron chi connectivity index (χ4n) is 2.83. The normalized spacial score (nSPS) is 20.3. The summed E-state index contributed by atoms with van der Waals surface area (Å²) in [5.74, 6) is -1.63. The van der Waals surface area contributed by atoms with Crippen molar-refractivity contribution in [1.29, 1.82) is 0 Å². The first-order valence-electron chi connectivity index (χ1n) is 7.18. The predicted octanol–water partition coefficient (Wildman–Crippen LogP) is 1.76. The fourth-order valence-corrected chi connectivity index (χ4v) is 2.83. The molecule has 1 atom stereocenters. The summed E-state index contributed by atoms with van der Waals surface area (Å²) < 4.78 is 0. The van der Waals surface area contributed by atoms with Crippen LogP contribution in [0, 0.1) is 0 Å². The lowest BCUT2D eigenvalue weighted by molar-refractivity contribution is -0.149. The third-order valence-electron chi connectivity index (χ3n) is 4.08. The third kappa shape index (κ3) is 2.35. The molecule has 0 spiro atoms. The Morgan fingerprint density at radius 2 is 1.65 bits per heavy atom. The highest BCUT2D eigenvalue weighted by molar-refractivity contribution is 6.14. The molecule has 0 saturated carbocycles. The van der Waals surface area contributed by atoms with Gasteiger partial charge in [-0.15, -0.1) is 0 Å². The highest BCUT2D eigenvalue weighted by atomic mass is 16.3. The number of Topliss-reactive ketones (excluding diaryl/α,β-unsaturated/α-hetero) is 1. The Hall–Kier alpha value is -2.79. The van der Waals surface area contributed by atoms with Crippen LogP contribution in [0.5, 0.6) is 0 Å². The number of rotatable bonds is 3. The lowest BCUT2D eigenvalue weighted by atomic mass is 9.80. The number of amides is 2. The smallest absolute Gasteiger partial charge is 0.266 e. The van der Waals surface area contributed by atoms with Gasteiger partial charge in [0, 0.05) is 23.7 Å². The number of nitrogens with zero attached hydrogens (tertiary/aromatic N) is 1. The second-order valence-electron chi connectivity index (χ2n) is 5.54. The summed E-state index contributed by atoms with van der Waals surface area (Å²) in [6.45, 7) is 0. The molecule has 0 fully saturated rings. The molecule has 1 N–H and O–H groups in total. The Kier molecular flexibility index (Phi) is 3.58. The zero-order chi connectivity index (χ0) is 16.6. The van der Waals surface area contributed by atoms with Crippen molar-refractivity contribution in [3.63, 3.8) is 0 Å². The van der Waals surface area contributed by atoms with Gasteiger partial charge in [0.15, 0.2) is 11.4 Å². The van der Waals surface area contributed by atoms with Gasteiger partial charge in [0.2, 0.25) is 0 Å². The molecule has 3 rings (SSSR count). The van der Waals surface area contributed by atoms with E-state index in [4.69, 9.17) is 0 Å². The van der Waals surface area contributed by atoms with E-state index in [1.54, 1.807) is 48.5 Å². The number of ketones is 1. The van der Waals surface area contributed by atoms with E-state index >= 15 is 0 Å². The Morgan fingerprint density at radius 1 is 1.04 bits per heavy atom. The summed E-state index contributed by atoms with van der Waals surface area (Å²) in [7, 11) is 1.30. The summed E-state index contributed by atoms with van der Waals surface area (Å²) >= 11 is 0. The van der Waals surface area contributed by atoms with E-state index in [-0.39, 0.29) is 16.9 Å². The SMILES string of the molecule is CN1C(=O)c2ccccc2C(O)(CC(=O)c2ccccc2)C1=O. The van der Waals surface area contributed by atoms with Crippen LogP contribution in [0.15, 0.2) is 54.6 Å². The molecular weight excluding hydrogens is 294 g/mol. The van der Waals surface area contributed by atoms with Crippen molar-refractivity contribution < 1.29 is 19.5 Å². The van der Waals surface area contributed by atoms with Crippen LogP contribution in [0.2, 0.25) is 0 Å². The minimum absolute atomic E-state index is 0.178. The Balaban J connectivity index is 2.06. The number of hydrogen-bond acceptors (Lipinski definition) is 4. The molecule has 2 aromatic carbocycles. The van der Waals surface area contributed by atoms with Gasteiger partial charge in [-0.1, -0.05) is 48.5 Å². The molecular formula is C18H15NO4. The van der Waals surface area contributed by atoms with E-state index in [1.165, 1.54) is 13.1 Å². The molecule has 0 saturated heterocycles. The Bertz CT molecular complexity index is 800. The average molecular weight is 309 g/mol. The van der Waals surface area contributed by atoms with Crippen molar-refractivity contribution in [2.75, 3.05) is 7.05 Å². The van der Waals surface area contributed by atoms with Gasteiger partial charge in [0.05, 0.1) is 6.42 Å². The third-order valence-corrected chi connectivity index (χ3v) is 4.08. The second-order valence-corrected chi connectivity index (χ2v) is 5.54. The van der Waals surface area contributed by atoms with Gasteiger partial charge < -0.3 is 5.11 Å². The van der Waals surface area contributed by atoms with E-state index in [1.807, 2.05) is 0 Å². The molecule has 2 aromatic rings. The molecule has 0 aromatic heterocycles. The highest BCUT2D eigenvalue weighted by Crippen LogP contribution is 2.35. The van der Waals surface area contributed by atoms with E-state index in [9.17, 15) is 19.5 Å². The maximum Gasteiger partial charge on any atom is 0.266 e. The maximum absolute atomic E-state index is 12.5. The zero-order valence-corrected chi connectivity index (χ0v) is 12.5. The number of aliphatic hydroxyl groups is 1. The molecule has 0 aliphatic carbocycles. The summed E-state index contributed by atoms with van der Waals surface area (Å²) in [6, 6.07) is 14.8. The van der Waals surface area contributed by atoms with Crippen LogP contribution in [0.1, 0.15) is 32.7 Å². The maximum atomic E-state index is 12.5. The first-order valence-corrected chi connectivity index (χ1v) is 7.18. The topological polar surface area (TPSA) is 74.7 Å². The summed E-state index contributed by atoms with van der Waals surface area (Å²) in [5.41, 5.74) is -1.22. The van der Waals surface area contributed by atoms with Gasteiger partial charge >= 0.3 is 0 Å². The highest BCUT2D eigenvalue weighted by Gasteiger charge is 2.49. The van der Waals surface area contributed by atoms with Gasteiger partial charge in [-0.2, -0.15) is 0 Å². The molecule has 1 aliphatic rings. The number of imide groups is 1. The molecule has 116 valence electrons. The molecule has 1 heterocycles. The Labute approximate surface area is 133 Å². The minimum atomic E-state index is -2.04. The molecule has 23 heavy (non-hydrogen) atoms. The minimum Gasteiger partial charge on any atom is -0.375 e. The first-order chi connectivity index (χ1) is 10.9. The van der Waals surface area contributed by atoms with Crippen molar-refractivity contribution in [1.82, 2.24) is 4.90 Å². The van der Waals surface area contributed by atoms with Crippen molar-refractivity contribution in [2.24, 2.45) is 0 Å². The van der Waals surface area contributed by atoms with Crippen molar-refractivity contribution >= 4 is 17.6 Å². The van der Waals surface area contributed by atoms with E-state index in [2.05, 4.69) is 0 Å². The van der Waals surface area contributed by atoms with E-state index in [0.717, 1.165) is 4.90 Å². The monoisotopic (exact) mass is 309 g/mol. The van der Waals surface area contributed by atoms with Crippen LogP contribution < -0.4 is 0 Å². The predicted molar refractivity (Wildman–Crippen MR) is 82.8 cm³/mol. The largest absolute Gasteiger partial charge is 0.375 e. The number of carbonyl (C=O) groups excluding carboxylic acids is 3. The van der Waals surface area contributed by atoms with Crippen molar-refractivity contribution in [3.05, 3.63) is 71.3 Å². The van der Waals surface area contributed by atoms with Gasteiger partial charge in [0.25, 0.3) is 11.8 Å². The summed E-state index contributed by atoms with van der Waals surface area (Å²) in [5, 5.41) is 10.9. The Morgan fingerprint density at radius 3 is 2.35 bits per heavy atom. The van der Waals surface area contributed by atoms with Crippen LogP contribution >= 0.6 is 0 Å². The van der Waals surface area contributed by atoms with Gasteiger partial charge in [-0.05, 0) is 6.07 Å². The molecule has 5 nitrogen and oxygen atoms in total. The van der Waals surface area contributed by atoms with Crippen LogP contribution in [-0.2, 0) is 10.4 Å². The molecule has 2 amide bonds. The van der Waals surface area contributed by atoms with Gasteiger partial charge in [0.1, 0.15) is 0 Å². The number of carbonyl (C=O) groups is 3. The average Bonchev–Trinajstić information content (AvgIpc) is 2.59. The second kappa shape index (κ2) is 5.44. The van der Waals surface area contributed by atoms with Gasteiger partial charge in [-0.25, -0.2) is 0 Å². The van der Waals surface area contributed by atoms with Crippen LogP contribution in [-0.4, -0.2) is 34.7 Å². The molecule has 1 unspecified atom stereocenters. The lowest BCUT2D eigenvalue weighted by Crippen LogP contribution is -2.53. The number of benzene rings is 2. The number of hydrogen-bond donors (Lipinski definition) is 1. The molecule has 1 aliphatic heterocycles. The van der Waals surface area contributed by atoms with Crippen LogP contribution in [0.3, 0.4) is 0 Å².